The summed E-state index contributed by atoms with van der Waals surface area (Å²) in [5.74, 6) is -1.25. The Morgan fingerprint density at radius 1 is 1.11 bits per heavy atom. The van der Waals surface area contributed by atoms with Gasteiger partial charge in [-0.25, -0.2) is 5.48 Å². The third-order valence-electron chi connectivity index (χ3n) is 6.18. The van der Waals surface area contributed by atoms with Gasteiger partial charge < -0.3 is 15.0 Å². The molecule has 3 amide bonds. The summed E-state index contributed by atoms with van der Waals surface area (Å²) in [4.78, 5) is 43.0. The SMILES string of the molecule is CCC(=O)N1C[C@H](C(=O)NO)[C@H](NC(=O)c2ccc(OCc3cc(C)nc4ccccc34)cc2)C1. The predicted molar refractivity (Wildman–Crippen MR) is 129 cm³/mol. The summed E-state index contributed by atoms with van der Waals surface area (Å²) in [7, 11) is 0. The van der Waals surface area contributed by atoms with Gasteiger partial charge in [0.2, 0.25) is 11.8 Å². The van der Waals surface area contributed by atoms with Gasteiger partial charge in [-0.15, -0.1) is 0 Å². The van der Waals surface area contributed by atoms with E-state index < -0.39 is 17.9 Å². The van der Waals surface area contributed by atoms with Crippen LogP contribution in [0.4, 0.5) is 0 Å². The normalized spacial score (nSPS) is 17.3. The van der Waals surface area contributed by atoms with E-state index in [2.05, 4.69) is 10.3 Å². The maximum atomic E-state index is 12.8. The molecule has 0 spiro atoms. The lowest BCUT2D eigenvalue weighted by atomic mass is 10.0. The molecule has 1 aliphatic heterocycles. The molecule has 2 aromatic carbocycles. The highest BCUT2D eigenvalue weighted by Gasteiger charge is 2.40. The van der Waals surface area contributed by atoms with Crippen molar-refractivity contribution in [1.29, 1.82) is 0 Å². The number of benzene rings is 2. The molecule has 3 aromatic rings. The fraction of sp³-hybridized carbons (Fsp3) is 0.308. The number of nitrogens with zero attached hydrogens (tertiary/aromatic N) is 2. The molecule has 1 saturated heterocycles. The number of hydroxylamine groups is 1. The zero-order chi connectivity index (χ0) is 24.9. The topological polar surface area (TPSA) is 121 Å². The van der Waals surface area contributed by atoms with Crippen LogP contribution in [0.1, 0.15) is 35.0 Å². The third kappa shape index (κ3) is 5.41. The Hall–Kier alpha value is -3.98. The van der Waals surface area contributed by atoms with Gasteiger partial charge in [0.1, 0.15) is 12.4 Å². The smallest absolute Gasteiger partial charge is 0.251 e. The highest BCUT2D eigenvalue weighted by Crippen LogP contribution is 2.22. The van der Waals surface area contributed by atoms with E-state index in [0.717, 1.165) is 22.2 Å². The van der Waals surface area contributed by atoms with Gasteiger partial charge in [-0.1, -0.05) is 25.1 Å². The van der Waals surface area contributed by atoms with E-state index in [4.69, 9.17) is 9.94 Å². The van der Waals surface area contributed by atoms with Crippen LogP contribution in [0, 0.1) is 12.8 Å². The van der Waals surface area contributed by atoms with E-state index in [1.165, 1.54) is 4.90 Å². The van der Waals surface area contributed by atoms with Crippen LogP contribution in [-0.2, 0) is 16.2 Å². The van der Waals surface area contributed by atoms with Crippen molar-refractivity contribution in [2.45, 2.75) is 32.9 Å². The van der Waals surface area contributed by atoms with Gasteiger partial charge in [0, 0.05) is 41.7 Å². The lowest BCUT2D eigenvalue weighted by Crippen LogP contribution is -2.45. The number of carbonyl (C=O) groups is 3. The van der Waals surface area contributed by atoms with Gasteiger partial charge in [-0.3, -0.25) is 24.6 Å². The fourth-order valence-corrected chi connectivity index (χ4v) is 4.36. The van der Waals surface area contributed by atoms with E-state index in [1.54, 1.807) is 36.7 Å². The molecule has 1 aliphatic rings. The number of amides is 3. The largest absolute Gasteiger partial charge is 0.489 e. The first kappa shape index (κ1) is 24.2. The zero-order valence-corrected chi connectivity index (χ0v) is 19.7. The second-order valence-corrected chi connectivity index (χ2v) is 8.57. The Balaban J connectivity index is 1.41. The first-order valence-electron chi connectivity index (χ1n) is 11.5. The molecule has 35 heavy (non-hydrogen) atoms. The minimum absolute atomic E-state index is 0.115. The number of para-hydroxylation sites is 1. The molecule has 2 heterocycles. The predicted octanol–water partition coefficient (Wildman–Crippen LogP) is 2.59. The molecule has 0 unspecified atom stereocenters. The summed E-state index contributed by atoms with van der Waals surface area (Å²) >= 11 is 0. The van der Waals surface area contributed by atoms with Crippen LogP contribution in [0.5, 0.6) is 5.75 Å². The Labute approximate surface area is 203 Å². The van der Waals surface area contributed by atoms with Crippen molar-refractivity contribution in [1.82, 2.24) is 20.7 Å². The number of aromatic nitrogens is 1. The number of fused-ring (bicyclic) bond motifs is 1. The van der Waals surface area contributed by atoms with Gasteiger partial charge >= 0.3 is 0 Å². The number of hydrogen-bond acceptors (Lipinski definition) is 6. The minimum Gasteiger partial charge on any atom is -0.489 e. The lowest BCUT2D eigenvalue weighted by molar-refractivity contribution is -0.134. The third-order valence-corrected chi connectivity index (χ3v) is 6.18. The van der Waals surface area contributed by atoms with Crippen LogP contribution in [0.15, 0.2) is 54.6 Å². The molecular formula is C26H28N4O5. The van der Waals surface area contributed by atoms with Gasteiger partial charge in [-0.05, 0) is 43.3 Å². The molecule has 4 rings (SSSR count). The lowest BCUT2D eigenvalue weighted by Gasteiger charge is -2.18. The molecule has 9 nitrogen and oxygen atoms in total. The fourth-order valence-electron chi connectivity index (χ4n) is 4.36. The number of hydrogen-bond donors (Lipinski definition) is 3. The Morgan fingerprint density at radius 3 is 2.57 bits per heavy atom. The molecule has 0 radical (unpaired) electrons. The highest BCUT2D eigenvalue weighted by atomic mass is 16.5. The first-order chi connectivity index (χ1) is 16.9. The van der Waals surface area contributed by atoms with Crippen molar-refractivity contribution in [2.24, 2.45) is 5.92 Å². The van der Waals surface area contributed by atoms with Crippen molar-refractivity contribution < 1.29 is 24.3 Å². The maximum Gasteiger partial charge on any atom is 0.251 e. The summed E-state index contributed by atoms with van der Waals surface area (Å²) in [6.07, 6.45) is 0.296. The van der Waals surface area contributed by atoms with Crippen LogP contribution in [0.2, 0.25) is 0 Å². The van der Waals surface area contributed by atoms with Crippen molar-refractivity contribution >= 4 is 28.6 Å². The minimum atomic E-state index is -0.735. The number of pyridine rings is 1. The Bertz CT molecular complexity index is 1240. The van der Waals surface area contributed by atoms with E-state index >= 15 is 0 Å². The quantitative estimate of drug-likeness (QED) is 0.356. The van der Waals surface area contributed by atoms with E-state index in [1.807, 2.05) is 37.3 Å². The molecule has 1 aromatic heterocycles. The van der Waals surface area contributed by atoms with Crippen LogP contribution in [0.25, 0.3) is 10.9 Å². The maximum absolute atomic E-state index is 12.8. The van der Waals surface area contributed by atoms with Gasteiger partial charge in [-0.2, -0.15) is 0 Å². The Morgan fingerprint density at radius 2 is 1.86 bits per heavy atom. The molecular weight excluding hydrogens is 448 g/mol. The van der Waals surface area contributed by atoms with Gasteiger partial charge in [0.15, 0.2) is 0 Å². The molecule has 3 N–H and O–H groups in total. The van der Waals surface area contributed by atoms with Crippen LogP contribution in [-0.4, -0.2) is 51.9 Å². The van der Waals surface area contributed by atoms with Gasteiger partial charge in [0.05, 0.1) is 17.5 Å². The molecule has 0 aliphatic carbocycles. The van der Waals surface area contributed by atoms with E-state index in [-0.39, 0.29) is 24.9 Å². The Kier molecular flexibility index (Phi) is 7.26. The summed E-state index contributed by atoms with van der Waals surface area (Å²) < 4.78 is 5.95. The van der Waals surface area contributed by atoms with Crippen LogP contribution < -0.4 is 15.5 Å². The molecule has 1 fully saturated rings. The zero-order valence-electron chi connectivity index (χ0n) is 19.7. The van der Waals surface area contributed by atoms with Crippen molar-refractivity contribution in [3.63, 3.8) is 0 Å². The number of nitrogens with one attached hydrogen (secondary N) is 2. The van der Waals surface area contributed by atoms with Crippen molar-refractivity contribution in [2.75, 3.05) is 13.1 Å². The summed E-state index contributed by atoms with van der Waals surface area (Å²) in [5.41, 5.74) is 4.87. The van der Waals surface area contributed by atoms with Crippen LogP contribution >= 0.6 is 0 Å². The standard InChI is InChI=1S/C26H28N4O5/c1-3-24(31)30-13-21(26(33)29-34)23(14-30)28-25(32)17-8-10-19(11-9-17)35-15-18-12-16(2)27-22-7-5-4-6-20(18)22/h4-12,21,23,34H,3,13-15H2,1-2H3,(H,28,32)(H,29,33)/t21-,23+/m0/s1. The average Bonchev–Trinajstić information content (AvgIpc) is 3.30. The van der Waals surface area contributed by atoms with E-state index in [9.17, 15) is 14.4 Å². The summed E-state index contributed by atoms with van der Waals surface area (Å²) in [6, 6.07) is 16.0. The molecule has 0 saturated carbocycles. The number of rotatable bonds is 7. The average molecular weight is 477 g/mol. The van der Waals surface area contributed by atoms with Crippen LogP contribution in [0.3, 0.4) is 0 Å². The second kappa shape index (κ2) is 10.5. The molecule has 9 heteroatoms. The number of carbonyl (C=O) groups excluding carboxylic acids is 3. The molecule has 0 bridgehead atoms. The molecule has 2 atom stereocenters. The second-order valence-electron chi connectivity index (χ2n) is 8.57. The van der Waals surface area contributed by atoms with Crippen molar-refractivity contribution in [3.05, 3.63) is 71.4 Å². The molecule has 182 valence electrons. The first-order valence-corrected chi connectivity index (χ1v) is 11.5. The number of ether oxygens (including phenoxy) is 1. The number of aryl methyl sites for hydroxylation is 1. The summed E-state index contributed by atoms with van der Waals surface area (Å²) in [5, 5.41) is 12.9. The number of likely N-dealkylation sites (tertiary alicyclic amines) is 1. The van der Waals surface area contributed by atoms with Crippen molar-refractivity contribution in [3.8, 4) is 5.75 Å². The summed E-state index contributed by atoms with van der Waals surface area (Å²) in [6.45, 7) is 4.38. The monoisotopic (exact) mass is 476 g/mol. The van der Waals surface area contributed by atoms with Gasteiger partial charge in [0.25, 0.3) is 5.91 Å². The van der Waals surface area contributed by atoms with E-state index in [0.29, 0.717) is 24.3 Å². The highest BCUT2D eigenvalue weighted by molar-refractivity contribution is 5.95.